The second kappa shape index (κ2) is 8.43. The molecule has 5 nitrogen and oxygen atoms in total. The number of hydrogen-bond donors (Lipinski definition) is 2. The number of carbonyl (C=O) groups is 1. The van der Waals surface area contributed by atoms with Gasteiger partial charge < -0.3 is 15.1 Å². The summed E-state index contributed by atoms with van der Waals surface area (Å²) in [5.41, 5.74) is 0.407. The molecule has 0 amide bonds. The average Bonchev–Trinajstić information content (AvgIpc) is 3.11. The third kappa shape index (κ3) is 4.10. The van der Waals surface area contributed by atoms with Gasteiger partial charge in [-0.25, -0.2) is 0 Å². The van der Waals surface area contributed by atoms with Crippen LogP contribution in [-0.4, -0.2) is 65.3 Å². The minimum atomic E-state index is -0.683. The summed E-state index contributed by atoms with van der Waals surface area (Å²) >= 11 is 0. The molecule has 0 spiro atoms. The highest BCUT2D eigenvalue weighted by molar-refractivity contribution is 5.32. The summed E-state index contributed by atoms with van der Waals surface area (Å²) in [5.74, 6) is 0. The van der Waals surface area contributed by atoms with Gasteiger partial charge in [0.05, 0.1) is 6.04 Å². The fourth-order valence-corrected chi connectivity index (χ4v) is 3.80. The topological polar surface area (TPSA) is 64.0 Å². The van der Waals surface area contributed by atoms with Gasteiger partial charge in [0.2, 0.25) is 0 Å². The smallest absolute Gasteiger partial charge is 0.290 e. The number of carboxylic acid groups (broad SMARTS) is 1. The lowest BCUT2D eigenvalue weighted by atomic mass is 9.79. The van der Waals surface area contributed by atoms with E-state index in [1.54, 1.807) is 0 Å². The predicted octanol–water partition coefficient (Wildman–Crippen LogP) is 1.77. The molecule has 2 aliphatic heterocycles. The number of hydrogen-bond acceptors (Lipinski definition) is 4. The summed E-state index contributed by atoms with van der Waals surface area (Å²) in [6, 6.07) is 10.5. The Kier molecular flexibility index (Phi) is 6.57. The van der Waals surface area contributed by atoms with Gasteiger partial charge in [-0.3, -0.25) is 9.69 Å². The van der Waals surface area contributed by atoms with E-state index in [9.17, 15) is 5.11 Å². The maximum absolute atomic E-state index is 11.4. The van der Waals surface area contributed by atoms with Crippen LogP contribution >= 0.6 is 0 Å². The second-order valence-electron chi connectivity index (χ2n) is 6.30. The van der Waals surface area contributed by atoms with E-state index in [2.05, 4.69) is 28.9 Å². The second-order valence-corrected chi connectivity index (χ2v) is 6.30. The predicted molar refractivity (Wildman–Crippen MR) is 90.4 cm³/mol. The molecule has 2 N–H and O–H groups in total. The molecule has 0 radical (unpaired) electrons. The molecule has 2 saturated heterocycles. The Balaban J connectivity index is 0.000000595. The zero-order valence-corrected chi connectivity index (χ0v) is 13.9. The summed E-state index contributed by atoms with van der Waals surface area (Å²) in [6.07, 6.45) is 3.38. The maximum atomic E-state index is 11.4. The van der Waals surface area contributed by atoms with Crippen molar-refractivity contribution in [3.05, 3.63) is 35.9 Å². The summed E-state index contributed by atoms with van der Waals surface area (Å²) in [6.45, 7) is 7.30. The number of benzene rings is 1. The van der Waals surface area contributed by atoms with Crippen LogP contribution in [0.15, 0.2) is 30.3 Å². The first-order valence-corrected chi connectivity index (χ1v) is 8.48. The van der Waals surface area contributed by atoms with E-state index < -0.39 is 5.60 Å². The van der Waals surface area contributed by atoms with E-state index in [1.807, 2.05) is 18.2 Å². The van der Waals surface area contributed by atoms with Gasteiger partial charge in [0.25, 0.3) is 6.47 Å². The van der Waals surface area contributed by atoms with Gasteiger partial charge >= 0.3 is 0 Å². The van der Waals surface area contributed by atoms with Crippen molar-refractivity contribution in [2.45, 2.75) is 37.8 Å². The molecule has 2 atom stereocenters. The van der Waals surface area contributed by atoms with Gasteiger partial charge in [0, 0.05) is 13.1 Å². The van der Waals surface area contributed by atoms with E-state index in [1.165, 1.54) is 12.8 Å². The van der Waals surface area contributed by atoms with Gasteiger partial charge in [-0.1, -0.05) is 37.3 Å². The maximum Gasteiger partial charge on any atom is 0.290 e. The molecule has 2 fully saturated rings. The van der Waals surface area contributed by atoms with Crippen LogP contribution in [-0.2, 0) is 10.4 Å². The largest absolute Gasteiger partial charge is 0.483 e. The summed E-state index contributed by atoms with van der Waals surface area (Å²) in [5, 5.41) is 18.3. The molecular formula is C18H28N2O3. The molecule has 0 aliphatic carbocycles. The Labute approximate surface area is 138 Å². The number of piperidine rings is 1. The molecular weight excluding hydrogens is 292 g/mol. The zero-order valence-electron chi connectivity index (χ0n) is 13.9. The first kappa shape index (κ1) is 17.9. The van der Waals surface area contributed by atoms with E-state index >= 15 is 0 Å². The van der Waals surface area contributed by atoms with Crippen molar-refractivity contribution < 1.29 is 15.0 Å². The van der Waals surface area contributed by atoms with Crippen molar-refractivity contribution in [1.82, 2.24) is 9.80 Å². The first-order chi connectivity index (χ1) is 11.2. The normalized spacial score (nSPS) is 28.9. The molecule has 0 bridgehead atoms. The monoisotopic (exact) mass is 320 g/mol. The lowest BCUT2D eigenvalue weighted by Crippen LogP contribution is -2.60. The molecule has 1 aromatic rings. The molecule has 1 aromatic carbocycles. The van der Waals surface area contributed by atoms with Crippen molar-refractivity contribution in [3.63, 3.8) is 0 Å². The van der Waals surface area contributed by atoms with E-state index in [-0.39, 0.29) is 12.5 Å². The van der Waals surface area contributed by atoms with E-state index in [4.69, 9.17) is 9.90 Å². The fraction of sp³-hybridized carbons (Fsp3) is 0.611. The SMILES string of the molecule is CCN1CC[C@](O)(c2ccccc2)[C@H](N2CCCC2)C1.O=CO. The lowest BCUT2D eigenvalue weighted by Gasteiger charge is -2.48. The van der Waals surface area contributed by atoms with Crippen LogP contribution in [0.2, 0.25) is 0 Å². The Morgan fingerprint density at radius 2 is 1.83 bits per heavy atom. The van der Waals surface area contributed by atoms with Crippen LogP contribution in [0.4, 0.5) is 0 Å². The number of likely N-dealkylation sites (tertiary alicyclic amines) is 2. The van der Waals surface area contributed by atoms with Gasteiger partial charge in [0.15, 0.2) is 0 Å². The number of nitrogens with zero attached hydrogens (tertiary/aromatic N) is 2. The summed E-state index contributed by atoms with van der Waals surface area (Å²) < 4.78 is 0. The third-order valence-corrected chi connectivity index (χ3v) is 5.09. The van der Waals surface area contributed by atoms with Crippen LogP contribution in [0, 0.1) is 0 Å². The number of rotatable bonds is 3. The average molecular weight is 320 g/mol. The molecule has 5 heteroatoms. The summed E-state index contributed by atoms with van der Waals surface area (Å²) in [7, 11) is 0. The zero-order chi connectivity index (χ0) is 16.7. The quantitative estimate of drug-likeness (QED) is 0.831. The minimum absolute atomic E-state index is 0.237. The highest BCUT2D eigenvalue weighted by atomic mass is 16.3. The minimum Gasteiger partial charge on any atom is -0.483 e. The molecule has 23 heavy (non-hydrogen) atoms. The first-order valence-electron chi connectivity index (χ1n) is 8.48. The highest BCUT2D eigenvalue weighted by Crippen LogP contribution is 2.37. The van der Waals surface area contributed by atoms with Crippen molar-refractivity contribution in [3.8, 4) is 0 Å². The number of likely N-dealkylation sites (N-methyl/N-ethyl adjacent to an activating group) is 1. The van der Waals surface area contributed by atoms with Crippen LogP contribution in [0.5, 0.6) is 0 Å². The highest BCUT2D eigenvalue weighted by Gasteiger charge is 2.45. The Bertz CT molecular complexity index is 476. The van der Waals surface area contributed by atoms with Gasteiger partial charge in [-0.15, -0.1) is 0 Å². The molecule has 0 saturated carbocycles. The van der Waals surface area contributed by atoms with Crippen LogP contribution in [0.3, 0.4) is 0 Å². The van der Waals surface area contributed by atoms with Crippen LogP contribution in [0.1, 0.15) is 31.7 Å². The Morgan fingerprint density at radius 1 is 1.22 bits per heavy atom. The molecule has 2 aliphatic rings. The molecule has 3 rings (SSSR count). The Hall–Kier alpha value is -1.43. The molecule has 128 valence electrons. The van der Waals surface area contributed by atoms with Gasteiger partial charge in [-0.2, -0.15) is 0 Å². The fourth-order valence-electron chi connectivity index (χ4n) is 3.80. The van der Waals surface area contributed by atoms with Crippen molar-refractivity contribution in [2.75, 3.05) is 32.7 Å². The van der Waals surface area contributed by atoms with Crippen LogP contribution < -0.4 is 0 Å². The standard InChI is InChI=1S/C17H26N2O.CH2O2/c1-2-18-13-10-17(20,15-8-4-3-5-9-15)16(14-18)19-11-6-7-12-19;2-1-3/h3-5,8-9,16,20H,2,6-7,10-14H2,1H3;1H,(H,2,3)/t16-,17+;/m1./s1. The van der Waals surface area contributed by atoms with Crippen molar-refractivity contribution in [1.29, 1.82) is 0 Å². The van der Waals surface area contributed by atoms with Gasteiger partial charge in [0.1, 0.15) is 5.60 Å². The number of aliphatic hydroxyl groups is 1. The lowest BCUT2D eigenvalue weighted by molar-refractivity contribution is -0.122. The van der Waals surface area contributed by atoms with Crippen molar-refractivity contribution in [2.24, 2.45) is 0 Å². The Morgan fingerprint density at radius 3 is 2.39 bits per heavy atom. The third-order valence-electron chi connectivity index (χ3n) is 5.09. The molecule has 0 aromatic heterocycles. The molecule has 0 unspecified atom stereocenters. The van der Waals surface area contributed by atoms with E-state index in [0.29, 0.717) is 0 Å². The van der Waals surface area contributed by atoms with E-state index in [0.717, 1.165) is 44.7 Å². The van der Waals surface area contributed by atoms with Crippen LogP contribution in [0.25, 0.3) is 0 Å². The van der Waals surface area contributed by atoms with Gasteiger partial charge in [-0.05, 0) is 44.5 Å². The van der Waals surface area contributed by atoms with Crippen molar-refractivity contribution >= 4 is 6.47 Å². The summed E-state index contributed by atoms with van der Waals surface area (Å²) in [4.78, 5) is 13.3. The molecule has 2 heterocycles.